The summed E-state index contributed by atoms with van der Waals surface area (Å²) in [6.45, 7) is 0. The predicted octanol–water partition coefficient (Wildman–Crippen LogP) is 2.79. The summed E-state index contributed by atoms with van der Waals surface area (Å²) in [6.07, 6.45) is -3.26. The van der Waals surface area contributed by atoms with Gasteiger partial charge in [-0.25, -0.2) is 4.39 Å². The molecule has 0 bridgehead atoms. The van der Waals surface area contributed by atoms with Crippen molar-refractivity contribution in [2.75, 3.05) is 0 Å². The number of hydrogen-bond donors (Lipinski definition) is 1. The van der Waals surface area contributed by atoms with Gasteiger partial charge in [-0.1, -0.05) is 6.07 Å². The highest BCUT2D eigenvalue weighted by Gasteiger charge is 2.41. The lowest BCUT2D eigenvalue weighted by Crippen LogP contribution is -2.19. The van der Waals surface area contributed by atoms with Gasteiger partial charge in [0.15, 0.2) is 0 Å². The quantitative estimate of drug-likeness (QED) is 0.722. The third-order valence-corrected chi connectivity index (χ3v) is 2.64. The van der Waals surface area contributed by atoms with Gasteiger partial charge < -0.3 is 5.73 Å². The van der Waals surface area contributed by atoms with Crippen LogP contribution < -0.4 is 5.73 Å². The van der Waals surface area contributed by atoms with Crippen LogP contribution in [-0.2, 0) is 11.7 Å². The van der Waals surface area contributed by atoms with Crippen LogP contribution in [-0.4, -0.2) is 0 Å². The van der Waals surface area contributed by atoms with Gasteiger partial charge in [-0.3, -0.25) is 0 Å². The third-order valence-electron chi connectivity index (χ3n) is 2.64. The van der Waals surface area contributed by atoms with Gasteiger partial charge in [-0.05, 0) is 30.5 Å². The topological polar surface area (TPSA) is 26.0 Å². The van der Waals surface area contributed by atoms with Gasteiger partial charge in [0.2, 0.25) is 0 Å². The van der Waals surface area contributed by atoms with Crippen LogP contribution >= 0.6 is 0 Å². The Bertz CT molecular complexity index is 393. The maximum atomic E-state index is 13.1. The molecular weight excluding hydrogens is 210 g/mol. The zero-order valence-corrected chi connectivity index (χ0v) is 7.74. The number of rotatable bonds is 1. The lowest BCUT2D eigenvalue weighted by atomic mass is 10.0. The number of hydrogen-bond acceptors (Lipinski definition) is 1. The van der Waals surface area contributed by atoms with Crippen molar-refractivity contribution in [2.24, 2.45) is 5.73 Å². The Morgan fingerprint density at radius 3 is 2.20 bits per heavy atom. The first-order valence-corrected chi connectivity index (χ1v) is 4.49. The average molecular weight is 219 g/mol. The van der Waals surface area contributed by atoms with Gasteiger partial charge in [0.1, 0.15) is 5.82 Å². The van der Waals surface area contributed by atoms with Crippen molar-refractivity contribution >= 4 is 0 Å². The molecule has 0 radical (unpaired) electrons. The van der Waals surface area contributed by atoms with Crippen molar-refractivity contribution in [3.63, 3.8) is 0 Å². The first kappa shape index (κ1) is 10.4. The van der Waals surface area contributed by atoms with E-state index in [1.807, 2.05) is 0 Å². The second kappa shape index (κ2) is 2.95. The molecule has 0 saturated heterocycles. The molecule has 5 heteroatoms. The molecule has 0 atom stereocenters. The molecule has 1 fully saturated rings. The van der Waals surface area contributed by atoms with Gasteiger partial charge in [0, 0.05) is 5.54 Å². The number of halogens is 4. The molecule has 2 N–H and O–H groups in total. The van der Waals surface area contributed by atoms with Crippen LogP contribution in [0.15, 0.2) is 18.2 Å². The smallest absolute Gasteiger partial charge is 0.321 e. The van der Waals surface area contributed by atoms with Gasteiger partial charge in [0.25, 0.3) is 0 Å². The van der Waals surface area contributed by atoms with Gasteiger partial charge >= 0.3 is 6.18 Å². The predicted molar refractivity (Wildman–Crippen MR) is 46.5 cm³/mol. The zero-order valence-electron chi connectivity index (χ0n) is 7.74. The second-order valence-electron chi connectivity index (χ2n) is 3.85. The summed E-state index contributed by atoms with van der Waals surface area (Å²) in [4.78, 5) is 0. The molecule has 1 aliphatic rings. The van der Waals surface area contributed by atoms with Crippen molar-refractivity contribution in [2.45, 2.75) is 24.6 Å². The van der Waals surface area contributed by atoms with E-state index in [0.29, 0.717) is 18.4 Å². The van der Waals surface area contributed by atoms with E-state index < -0.39 is 23.1 Å². The minimum Gasteiger partial charge on any atom is -0.321 e. The van der Waals surface area contributed by atoms with E-state index in [-0.39, 0.29) is 0 Å². The Labute approximate surface area is 83.9 Å². The summed E-state index contributed by atoms with van der Waals surface area (Å²) < 4.78 is 49.8. The minimum absolute atomic E-state index is 0.438. The van der Waals surface area contributed by atoms with Gasteiger partial charge in [-0.2, -0.15) is 13.2 Å². The summed E-state index contributed by atoms with van der Waals surface area (Å²) in [5, 5.41) is 0. The first-order chi connectivity index (χ1) is 6.83. The SMILES string of the molecule is NC1(c2ccc(C(F)(F)F)c(F)c2)CC1. The standard InChI is InChI=1S/C10H9F4N/c11-8-5-6(9(15)3-4-9)1-2-7(8)10(12,13)14/h1-2,5H,3-4,15H2. The van der Waals surface area contributed by atoms with Crippen LogP contribution in [0.25, 0.3) is 0 Å². The highest BCUT2D eigenvalue weighted by atomic mass is 19.4. The summed E-state index contributed by atoms with van der Waals surface area (Å²) in [5.74, 6) is -1.25. The van der Waals surface area contributed by atoms with Crippen molar-refractivity contribution in [3.8, 4) is 0 Å². The molecule has 0 aromatic heterocycles. The average Bonchev–Trinajstić information content (AvgIpc) is 2.82. The summed E-state index contributed by atoms with van der Waals surface area (Å²) in [6, 6.07) is 2.88. The Morgan fingerprint density at radius 2 is 1.80 bits per heavy atom. The zero-order chi connectivity index (χ0) is 11.3. The normalized spacial score (nSPS) is 19.0. The molecule has 1 aromatic rings. The molecule has 1 aromatic carbocycles. The Balaban J connectivity index is 2.39. The molecule has 15 heavy (non-hydrogen) atoms. The molecule has 0 unspecified atom stereocenters. The molecule has 0 aliphatic heterocycles. The first-order valence-electron chi connectivity index (χ1n) is 4.49. The highest BCUT2D eigenvalue weighted by molar-refractivity contribution is 5.34. The molecule has 0 spiro atoms. The lowest BCUT2D eigenvalue weighted by Gasteiger charge is -2.12. The van der Waals surface area contributed by atoms with Gasteiger partial charge in [0.05, 0.1) is 5.56 Å². The number of alkyl halides is 3. The van der Waals surface area contributed by atoms with E-state index in [1.165, 1.54) is 6.07 Å². The monoisotopic (exact) mass is 219 g/mol. The third kappa shape index (κ3) is 1.84. The Kier molecular flexibility index (Phi) is 2.05. The van der Waals surface area contributed by atoms with Crippen LogP contribution in [0.4, 0.5) is 17.6 Å². The largest absolute Gasteiger partial charge is 0.419 e. The molecule has 2 rings (SSSR count). The fourth-order valence-corrected chi connectivity index (χ4v) is 1.48. The summed E-state index contributed by atoms with van der Waals surface area (Å²) in [5.41, 5.74) is 4.34. The lowest BCUT2D eigenvalue weighted by molar-refractivity contribution is -0.140. The second-order valence-corrected chi connectivity index (χ2v) is 3.85. The Hall–Kier alpha value is -1.10. The molecule has 1 nitrogen and oxygen atoms in total. The molecule has 0 heterocycles. The summed E-state index contributed by atoms with van der Waals surface area (Å²) in [7, 11) is 0. The maximum absolute atomic E-state index is 13.1. The molecule has 1 saturated carbocycles. The Morgan fingerprint density at radius 1 is 1.20 bits per heavy atom. The van der Waals surface area contributed by atoms with Crippen LogP contribution in [0.1, 0.15) is 24.0 Å². The van der Waals surface area contributed by atoms with E-state index in [2.05, 4.69) is 0 Å². The molecule has 1 aliphatic carbocycles. The fourth-order valence-electron chi connectivity index (χ4n) is 1.48. The van der Waals surface area contributed by atoms with E-state index in [9.17, 15) is 17.6 Å². The van der Waals surface area contributed by atoms with Crippen molar-refractivity contribution < 1.29 is 17.6 Å². The van der Waals surface area contributed by atoms with Gasteiger partial charge in [-0.15, -0.1) is 0 Å². The summed E-state index contributed by atoms with van der Waals surface area (Å²) >= 11 is 0. The van der Waals surface area contributed by atoms with E-state index in [0.717, 1.165) is 12.1 Å². The maximum Gasteiger partial charge on any atom is 0.419 e. The van der Waals surface area contributed by atoms with Crippen LogP contribution in [0.2, 0.25) is 0 Å². The number of nitrogens with two attached hydrogens (primary N) is 1. The molecule has 0 amide bonds. The molecule has 82 valence electrons. The van der Waals surface area contributed by atoms with Crippen molar-refractivity contribution in [1.82, 2.24) is 0 Å². The van der Waals surface area contributed by atoms with E-state index >= 15 is 0 Å². The number of benzene rings is 1. The highest BCUT2D eigenvalue weighted by Crippen LogP contribution is 2.43. The van der Waals surface area contributed by atoms with Crippen LogP contribution in [0.3, 0.4) is 0 Å². The van der Waals surface area contributed by atoms with Crippen molar-refractivity contribution in [1.29, 1.82) is 0 Å². The fraction of sp³-hybridized carbons (Fsp3) is 0.400. The minimum atomic E-state index is -4.64. The van der Waals surface area contributed by atoms with Crippen LogP contribution in [0.5, 0.6) is 0 Å². The van der Waals surface area contributed by atoms with E-state index in [1.54, 1.807) is 0 Å². The van der Waals surface area contributed by atoms with Crippen LogP contribution in [0, 0.1) is 5.82 Å². The molecular formula is C10H9F4N. The van der Waals surface area contributed by atoms with E-state index in [4.69, 9.17) is 5.73 Å². The van der Waals surface area contributed by atoms with Crippen molar-refractivity contribution in [3.05, 3.63) is 35.1 Å².